The van der Waals surface area contributed by atoms with Crippen LogP contribution in [0.3, 0.4) is 0 Å². The summed E-state index contributed by atoms with van der Waals surface area (Å²) in [5.41, 5.74) is 0. The quantitative estimate of drug-likeness (QED) is 0.564. The molecule has 0 unspecified atom stereocenters. The molecule has 1 amide bonds. The van der Waals surface area contributed by atoms with Gasteiger partial charge in [0.15, 0.2) is 10.4 Å². The maximum Gasteiger partial charge on any atom is 0.267 e. The minimum Gasteiger partial charge on any atom is -0.497 e. The fraction of sp³-hybridized carbons (Fsp3) is 0.438. The van der Waals surface area contributed by atoms with Crippen molar-refractivity contribution < 1.29 is 14.3 Å². The van der Waals surface area contributed by atoms with E-state index in [0.717, 1.165) is 10.1 Å². The van der Waals surface area contributed by atoms with Crippen molar-refractivity contribution in [2.45, 2.75) is 42.9 Å². The first-order chi connectivity index (χ1) is 11.5. The van der Waals surface area contributed by atoms with Gasteiger partial charge in [-0.1, -0.05) is 43.9 Å². The number of hydrogen-bond donors (Lipinski definition) is 1. The minimum atomic E-state index is -0.594. The number of methoxy groups -OCH3 is 1. The number of carbonyl (C=O) groups excluding carboxylic acids is 1. The monoisotopic (exact) mass is 367 g/mol. The highest BCUT2D eigenvalue weighted by atomic mass is 32.2. The average molecular weight is 367 g/mol. The predicted octanol–water partition coefficient (Wildman–Crippen LogP) is 3.84. The predicted molar refractivity (Wildman–Crippen MR) is 97.2 cm³/mol. The Morgan fingerprint density at radius 3 is 2.50 bits per heavy atom. The lowest BCUT2D eigenvalue weighted by atomic mass is 10.2. The van der Waals surface area contributed by atoms with Crippen LogP contribution in [0.25, 0.3) is 0 Å². The number of amides is 1. The molecule has 0 bridgehead atoms. The van der Waals surface area contributed by atoms with Gasteiger partial charge in [-0.05, 0) is 30.7 Å². The van der Waals surface area contributed by atoms with Crippen LogP contribution in [-0.4, -0.2) is 34.6 Å². The van der Waals surface area contributed by atoms with Crippen LogP contribution >= 0.6 is 23.1 Å². The first-order valence-electron chi connectivity index (χ1n) is 7.63. The molecule has 130 valence electrons. The highest BCUT2D eigenvalue weighted by Gasteiger charge is 2.20. The Labute approximate surface area is 150 Å². The molecule has 0 aliphatic heterocycles. The fourth-order valence-corrected chi connectivity index (χ4v) is 3.81. The number of hydrogen-bond acceptors (Lipinski definition) is 7. The number of thioether (sulfide) groups is 1. The molecule has 0 aliphatic carbocycles. The largest absolute Gasteiger partial charge is 0.497 e. The van der Waals surface area contributed by atoms with Crippen molar-refractivity contribution in [3.63, 3.8) is 0 Å². The molecule has 2 aromatic rings. The molecule has 0 saturated carbocycles. The molecule has 1 aromatic heterocycles. The van der Waals surface area contributed by atoms with Gasteiger partial charge in [0, 0.05) is 5.25 Å². The highest BCUT2D eigenvalue weighted by Crippen LogP contribution is 2.28. The van der Waals surface area contributed by atoms with Gasteiger partial charge in [0.1, 0.15) is 11.5 Å². The number of nitrogens with zero attached hydrogens (tertiary/aromatic N) is 2. The summed E-state index contributed by atoms with van der Waals surface area (Å²) in [7, 11) is 1.60. The zero-order valence-electron chi connectivity index (χ0n) is 14.1. The zero-order valence-corrected chi connectivity index (χ0v) is 15.7. The van der Waals surface area contributed by atoms with E-state index in [1.54, 1.807) is 43.1 Å². The molecule has 0 radical (unpaired) electrons. The Hall–Kier alpha value is -1.80. The third kappa shape index (κ3) is 5.38. The third-order valence-corrected chi connectivity index (χ3v) is 4.90. The molecule has 8 heteroatoms. The Morgan fingerprint density at radius 2 is 1.92 bits per heavy atom. The van der Waals surface area contributed by atoms with Crippen molar-refractivity contribution in [2.75, 3.05) is 12.4 Å². The van der Waals surface area contributed by atoms with E-state index in [9.17, 15) is 4.79 Å². The number of aromatic nitrogens is 2. The van der Waals surface area contributed by atoms with Crippen molar-refractivity contribution in [3.8, 4) is 11.5 Å². The van der Waals surface area contributed by atoms with Crippen LogP contribution in [0.4, 0.5) is 5.13 Å². The van der Waals surface area contributed by atoms with Crippen LogP contribution in [-0.2, 0) is 4.79 Å². The highest BCUT2D eigenvalue weighted by molar-refractivity contribution is 8.01. The van der Waals surface area contributed by atoms with E-state index in [2.05, 4.69) is 29.4 Å². The second kappa shape index (κ2) is 8.89. The van der Waals surface area contributed by atoms with Gasteiger partial charge in [-0.15, -0.1) is 10.2 Å². The molecular formula is C16H21N3O3S2. The number of rotatable bonds is 8. The molecule has 0 saturated heterocycles. The first-order valence-corrected chi connectivity index (χ1v) is 9.33. The van der Waals surface area contributed by atoms with E-state index in [0.29, 0.717) is 22.6 Å². The van der Waals surface area contributed by atoms with Crippen LogP contribution < -0.4 is 14.8 Å². The summed E-state index contributed by atoms with van der Waals surface area (Å²) >= 11 is 2.98. The molecule has 6 nitrogen and oxygen atoms in total. The van der Waals surface area contributed by atoms with Crippen molar-refractivity contribution in [2.24, 2.45) is 0 Å². The molecule has 24 heavy (non-hydrogen) atoms. The average Bonchev–Trinajstić information content (AvgIpc) is 2.99. The van der Waals surface area contributed by atoms with E-state index >= 15 is 0 Å². The Balaban J connectivity index is 1.96. The van der Waals surface area contributed by atoms with Crippen molar-refractivity contribution in [1.82, 2.24) is 10.2 Å². The second-order valence-electron chi connectivity index (χ2n) is 5.22. The van der Waals surface area contributed by atoms with Gasteiger partial charge < -0.3 is 9.47 Å². The maximum atomic E-state index is 12.4. The van der Waals surface area contributed by atoms with E-state index in [-0.39, 0.29) is 5.91 Å². The topological polar surface area (TPSA) is 73.3 Å². The minimum absolute atomic E-state index is 0.231. The smallest absolute Gasteiger partial charge is 0.267 e. The molecule has 0 aliphatic rings. The van der Waals surface area contributed by atoms with E-state index in [1.165, 1.54) is 11.3 Å². The lowest BCUT2D eigenvalue weighted by Crippen LogP contribution is -2.32. The Morgan fingerprint density at radius 1 is 1.25 bits per heavy atom. The van der Waals surface area contributed by atoms with Crippen LogP contribution in [0.1, 0.15) is 27.2 Å². The summed E-state index contributed by atoms with van der Waals surface area (Å²) < 4.78 is 11.7. The third-order valence-electron chi connectivity index (χ3n) is 2.97. The summed E-state index contributed by atoms with van der Waals surface area (Å²) in [5, 5.41) is 11.7. The number of benzene rings is 1. The van der Waals surface area contributed by atoms with Crippen LogP contribution in [0.15, 0.2) is 28.6 Å². The summed E-state index contributed by atoms with van der Waals surface area (Å²) in [6, 6.07) is 7.13. The van der Waals surface area contributed by atoms with Crippen molar-refractivity contribution in [1.29, 1.82) is 0 Å². The van der Waals surface area contributed by atoms with Crippen molar-refractivity contribution >= 4 is 34.1 Å². The normalized spacial score (nSPS) is 12.0. The Bertz CT molecular complexity index is 659. The fourth-order valence-electron chi connectivity index (χ4n) is 1.84. The molecular weight excluding hydrogens is 346 g/mol. The van der Waals surface area contributed by atoms with E-state index in [4.69, 9.17) is 9.47 Å². The van der Waals surface area contributed by atoms with Gasteiger partial charge in [0.05, 0.1) is 7.11 Å². The summed E-state index contributed by atoms with van der Waals surface area (Å²) in [5.74, 6) is 1.13. The summed E-state index contributed by atoms with van der Waals surface area (Å²) in [4.78, 5) is 12.4. The molecule has 2 rings (SSSR count). The van der Waals surface area contributed by atoms with Gasteiger partial charge in [0.2, 0.25) is 5.13 Å². The van der Waals surface area contributed by atoms with Crippen molar-refractivity contribution in [3.05, 3.63) is 24.3 Å². The van der Waals surface area contributed by atoms with E-state index < -0.39 is 6.10 Å². The Kier molecular flexibility index (Phi) is 6.86. The maximum absolute atomic E-state index is 12.4. The van der Waals surface area contributed by atoms with Gasteiger partial charge in [-0.3, -0.25) is 10.1 Å². The van der Waals surface area contributed by atoms with Gasteiger partial charge >= 0.3 is 0 Å². The zero-order chi connectivity index (χ0) is 17.5. The van der Waals surface area contributed by atoms with Crippen LogP contribution in [0.2, 0.25) is 0 Å². The summed E-state index contributed by atoms with van der Waals surface area (Å²) in [6.45, 7) is 6.06. The number of carbonyl (C=O) groups is 1. The number of ether oxygens (including phenoxy) is 2. The lowest BCUT2D eigenvalue weighted by molar-refractivity contribution is -0.122. The van der Waals surface area contributed by atoms with Gasteiger partial charge in [-0.25, -0.2) is 0 Å². The molecule has 1 N–H and O–H groups in total. The van der Waals surface area contributed by atoms with Gasteiger partial charge in [0.25, 0.3) is 5.91 Å². The lowest BCUT2D eigenvalue weighted by Gasteiger charge is -2.16. The first kappa shape index (κ1) is 18.5. The second-order valence-corrected chi connectivity index (χ2v) is 8.02. The molecule has 0 spiro atoms. The number of anilines is 1. The van der Waals surface area contributed by atoms with Crippen LogP contribution in [0, 0.1) is 0 Å². The molecule has 1 aromatic carbocycles. The molecule has 1 heterocycles. The number of nitrogens with one attached hydrogen (secondary N) is 1. The SMILES string of the molecule is CC[C@H](Oc1ccc(OC)cc1)C(=O)Nc1nnc(SC(C)C)s1. The van der Waals surface area contributed by atoms with Crippen LogP contribution in [0.5, 0.6) is 11.5 Å². The molecule has 1 atom stereocenters. The van der Waals surface area contributed by atoms with E-state index in [1.807, 2.05) is 6.92 Å². The molecule has 0 fully saturated rings. The van der Waals surface area contributed by atoms with Gasteiger partial charge in [-0.2, -0.15) is 0 Å². The standard InChI is InChI=1S/C16H21N3O3S2/c1-5-13(22-12-8-6-11(21-4)7-9-12)14(20)17-15-18-19-16(24-15)23-10(2)3/h6-10,13H,5H2,1-4H3,(H,17,18,20)/t13-/m0/s1. The summed E-state index contributed by atoms with van der Waals surface area (Å²) in [6.07, 6.45) is -0.0481.